The highest BCUT2D eigenvalue weighted by Crippen LogP contribution is 2.35. The second-order valence-electron chi connectivity index (χ2n) is 8.84. The molecule has 4 aliphatic rings. The maximum atomic E-state index is 13.0. The second kappa shape index (κ2) is 7.03. The molecule has 7 heteroatoms. The first kappa shape index (κ1) is 17.9. The summed E-state index contributed by atoms with van der Waals surface area (Å²) in [5.41, 5.74) is 1.34. The van der Waals surface area contributed by atoms with Gasteiger partial charge in [0, 0.05) is 37.9 Å². The maximum Gasteiger partial charge on any atom is 0.255 e. The zero-order valence-electron chi connectivity index (χ0n) is 16.6. The molecule has 1 N–H and O–H groups in total. The van der Waals surface area contributed by atoms with Crippen LogP contribution in [0.5, 0.6) is 0 Å². The molecule has 1 saturated carbocycles. The lowest BCUT2D eigenvalue weighted by molar-refractivity contribution is -0.117. The highest BCUT2D eigenvalue weighted by molar-refractivity contribution is 6.04. The first-order valence-corrected chi connectivity index (χ1v) is 10.7. The van der Waals surface area contributed by atoms with Crippen molar-refractivity contribution in [2.45, 2.75) is 51.1 Å². The third kappa shape index (κ3) is 3.26. The molecular weight excluding hydrogens is 354 g/mol. The van der Waals surface area contributed by atoms with Gasteiger partial charge in [0.25, 0.3) is 5.91 Å². The number of likely N-dealkylation sites (tertiary alicyclic amines) is 2. The lowest BCUT2D eigenvalue weighted by atomic mass is 9.97. The van der Waals surface area contributed by atoms with E-state index in [1.165, 1.54) is 32.1 Å². The summed E-state index contributed by atoms with van der Waals surface area (Å²) in [4.78, 5) is 36.1. The SMILES string of the molecule is CC1CCCCN1C1CN(C(=O)c2cnc3c(c2)N(CC2CC2)C(=O)CN3)C1. The summed E-state index contributed by atoms with van der Waals surface area (Å²) in [6.07, 6.45) is 7.86. The Balaban J connectivity index is 1.28. The molecule has 1 unspecified atom stereocenters. The molecule has 5 rings (SSSR count). The number of hydrogen-bond donors (Lipinski definition) is 1. The molecule has 0 aromatic carbocycles. The van der Waals surface area contributed by atoms with Gasteiger partial charge in [0.2, 0.25) is 5.91 Å². The van der Waals surface area contributed by atoms with Crippen LogP contribution in [-0.2, 0) is 4.79 Å². The van der Waals surface area contributed by atoms with E-state index in [0.717, 1.165) is 31.9 Å². The summed E-state index contributed by atoms with van der Waals surface area (Å²) in [5.74, 6) is 1.40. The molecule has 1 aromatic rings. The van der Waals surface area contributed by atoms with Crippen LogP contribution in [-0.4, -0.2) is 71.4 Å². The molecule has 3 fully saturated rings. The summed E-state index contributed by atoms with van der Waals surface area (Å²) >= 11 is 0. The molecule has 0 bridgehead atoms. The van der Waals surface area contributed by atoms with E-state index in [4.69, 9.17) is 0 Å². The second-order valence-corrected chi connectivity index (χ2v) is 8.84. The Bertz CT molecular complexity index is 787. The zero-order valence-corrected chi connectivity index (χ0v) is 16.6. The Kier molecular flexibility index (Phi) is 4.50. The highest BCUT2D eigenvalue weighted by atomic mass is 16.2. The first-order chi connectivity index (χ1) is 13.6. The number of nitrogens with zero attached hydrogens (tertiary/aromatic N) is 4. The molecule has 2 amide bonds. The van der Waals surface area contributed by atoms with Gasteiger partial charge in [-0.2, -0.15) is 0 Å². The van der Waals surface area contributed by atoms with E-state index in [0.29, 0.717) is 29.4 Å². The third-order valence-corrected chi connectivity index (χ3v) is 6.72. The Morgan fingerprint density at radius 3 is 2.82 bits per heavy atom. The van der Waals surface area contributed by atoms with Crippen molar-refractivity contribution in [2.24, 2.45) is 5.92 Å². The summed E-state index contributed by atoms with van der Waals surface area (Å²) in [6, 6.07) is 2.96. The average molecular weight is 383 g/mol. The van der Waals surface area contributed by atoms with Gasteiger partial charge in [-0.05, 0) is 51.1 Å². The van der Waals surface area contributed by atoms with Crippen molar-refractivity contribution in [3.05, 3.63) is 17.8 Å². The van der Waals surface area contributed by atoms with Crippen LogP contribution in [0.25, 0.3) is 0 Å². The Labute approximate surface area is 166 Å². The minimum absolute atomic E-state index is 0.0283. The van der Waals surface area contributed by atoms with Gasteiger partial charge in [-0.15, -0.1) is 0 Å². The van der Waals surface area contributed by atoms with Crippen molar-refractivity contribution in [1.82, 2.24) is 14.8 Å². The number of hydrogen-bond acceptors (Lipinski definition) is 5. The average Bonchev–Trinajstić information content (AvgIpc) is 3.48. The van der Waals surface area contributed by atoms with Crippen LogP contribution in [0.1, 0.15) is 49.4 Å². The first-order valence-electron chi connectivity index (χ1n) is 10.7. The lowest BCUT2D eigenvalue weighted by Gasteiger charge is -2.49. The number of anilines is 2. The van der Waals surface area contributed by atoms with Gasteiger partial charge in [-0.25, -0.2) is 4.98 Å². The van der Waals surface area contributed by atoms with Gasteiger partial charge in [-0.3, -0.25) is 14.5 Å². The van der Waals surface area contributed by atoms with Crippen LogP contribution in [0, 0.1) is 5.92 Å². The van der Waals surface area contributed by atoms with Crippen LogP contribution in [0.4, 0.5) is 11.5 Å². The van der Waals surface area contributed by atoms with Crippen molar-refractivity contribution in [3.8, 4) is 0 Å². The number of amides is 2. The Morgan fingerprint density at radius 1 is 1.25 bits per heavy atom. The minimum atomic E-state index is 0.0283. The standard InChI is InChI=1S/C21H29N5O2/c1-14-4-2-3-7-25(14)17-12-24(13-17)21(28)16-8-18-20(22-9-16)23-10-19(27)26(18)11-15-5-6-15/h8-9,14-15,17H,2-7,10-13H2,1H3,(H,22,23). The lowest BCUT2D eigenvalue weighted by Crippen LogP contribution is -2.63. The molecule has 1 aliphatic carbocycles. The van der Waals surface area contributed by atoms with Crippen LogP contribution in [0.3, 0.4) is 0 Å². The monoisotopic (exact) mass is 383 g/mol. The fourth-order valence-electron chi connectivity index (χ4n) is 4.74. The van der Waals surface area contributed by atoms with Crippen molar-refractivity contribution in [3.63, 3.8) is 0 Å². The number of aromatic nitrogens is 1. The van der Waals surface area contributed by atoms with Gasteiger partial charge >= 0.3 is 0 Å². The van der Waals surface area contributed by atoms with E-state index in [1.807, 2.05) is 15.9 Å². The molecule has 3 aliphatic heterocycles. The molecule has 4 heterocycles. The molecule has 2 saturated heterocycles. The molecule has 150 valence electrons. The number of carbonyl (C=O) groups is 2. The van der Waals surface area contributed by atoms with Crippen molar-refractivity contribution in [1.29, 1.82) is 0 Å². The van der Waals surface area contributed by atoms with Crippen molar-refractivity contribution < 1.29 is 9.59 Å². The third-order valence-electron chi connectivity index (χ3n) is 6.72. The van der Waals surface area contributed by atoms with Gasteiger partial charge in [-0.1, -0.05) is 6.42 Å². The summed E-state index contributed by atoms with van der Waals surface area (Å²) in [5, 5.41) is 3.08. The van der Waals surface area contributed by atoms with E-state index in [9.17, 15) is 9.59 Å². The van der Waals surface area contributed by atoms with Crippen LogP contribution in [0.15, 0.2) is 12.3 Å². The number of rotatable bonds is 4. The predicted octanol–water partition coefficient (Wildman–Crippen LogP) is 1.95. The van der Waals surface area contributed by atoms with Crippen molar-refractivity contribution in [2.75, 3.05) is 42.9 Å². The van der Waals surface area contributed by atoms with E-state index >= 15 is 0 Å². The zero-order chi connectivity index (χ0) is 19.3. The Hall–Kier alpha value is -2.15. The minimum Gasteiger partial charge on any atom is -0.359 e. The van der Waals surface area contributed by atoms with Gasteiger partial charge < -0.3 is 15.1 Å². The predicted molar refractivity (Wildman–Crippen MR) is 108 cm³/mol. The topological polar surface area (TPSA) is 68.8 Å². The fraction of sp³-hybridized carbons (Fsp3) is 0.667. The fourth-order valence-corrected chi connectivity index (χ4v) is 4.74. The maximum absolute atomic E-state index is 13.0. The van der Waals surface area contributed by atoms with E-state index in [2.05, 4.69) is 22.1 Å². The van der Waals surface area contributed by atoms with Crippen LogP contribution >= 0.6 is 0 Å². The smallest absolute Gasteiger partial charge is 0.255 e. The molecule has 0 spiro atoms. The number of fused-ring (bicyclic) bond motifs is 1. The molecule has 1 atom stereocenters. The van der Waals surface area contributed by atoms with E-state index in [1.54, 1.807) is 6.20 Å². The highest BCUT2D eigenvalue weighted by Gasteiger charge is 2.38. The molecular formula is C21H29N5O2. The molecule has 0 radical (unpaired) electrons. The number of piperidine rings is 1. The van der Waals surface area contributed by atoms with E-state index in [-0.39, 0.29) is 18.4 Å². The summed E-state index contributed by atoms with van der Waals surface area (Å²) in [7, 11) is 0. The number of carbonyl (C=O) groups excluding carboxylic acids is 2. The largest absolute Gasteiger partial charge is 0.359 e. The van der Waals surface area contributed by atoms with Crippen molar-refractivity contribution >= 4 is 23.3 Å². The quantitative estimate of drug-likeness (QED) is 0.861. The summed E-state index contributed by atoms with van der Waals surface area (Å²) in [6.45, 7) is 6.06. The molecule has 28 heavy (non-hydrogen) atoms. The van der Waals surface area contributed by atoms with E-state index < -0.39 is 0 Å². The van der Waals surface area contributed by atoms with Crippen LogP contribution < -0.4 is 10.2 Å². The van der Waals surface area contributed by atoms with Gasteiger partial charge in [0.15, 0.2) is 0 Å². The Morgan fingerprint density at radius 2 is 2.07 bits per heavy atom. The normalized spacial score (nSPS) is 25.9. The van der Waals surface area contributed by atoms with Gasteiger partial charge in [0.05, 0.1) is 17.8 Å². The number of pyridine rings is 1. The van der Waals surface area contributed by atoms with Crippen LogP contribution in [0.2, 0.25) is 0 Å². The van der Waals surface area contributed by atoms with Gasteiger partial charge in [0.1, 0.15) is 5.82 Å². The summed E-state index contributed by atoms with van der Waals surface area (Å²) < 4.78 is 0. The molecule has 7 nitrogen and oxygen atoms in total. The molecule has 1 aromatic heterocycles. The number of nitrogens with one attached hydrogen (secondary N) is 1.